The van der Waals surface area contributed by atoms with Crippen molar-refractivity contribution < 1.29 is 4.39 Å². The molecule has 0 saturated carbocycles. The zero-order valence-corrected chi connectivity index (χ0v) is 11.1. The number of halogens is 1. The minimum Gasteiger partial charge on any atom is -0.207 e. The van der Waals surface area contributed by atoms with Gasteiger partial charge in [0, 0.05) is 0 Å². The van der Waals surface area contributed by atoms with E-state index in [4.69, 9.17) is 0 Å². The zero-order chi connectivity index (χ0) is 13.8. The van der Waals surface area contributed by atoms with Crippen molar-refractivity contribution in [3.05, 3.63) is 95.8 Å². The maximum Gasteiger partial charge on any atom is 0.123 e. The summed E-state index contributed by atoms with van der Waals surface area (Å²) in [5, 5.41) is 0. The van der Waals surface area contributed by atoms with Gasteiger partial charge in [0.1, 0.15) is 5.82 Å². The van der Waals surface area contributed by atoms with Gasteiger partial charge in [0.05, 0.1) is 0 Å². The zero-order valence-electron chi connectivity index (χ0n) is 11.1. The summed E-state index contributed by atoms with van der Waals surface area (Å²) < 4.78 is 11.9. The molecule has 4 rings (SSSR count). The molecule has 0 unspecified atom stereocenters. The quantitative estimate of drug-likeness (QED) is 0.414. The average Bonchev–Trinajstić information content (AvgIpc) is 2.87. The summed E-state index contributed by atoms with van der Waals surface area (Å²) in [4.78, 5) is 0. The molecular formula is C19H15F. The van der Waals surface area contributed by atoms with Crippen molar-refractivity contribution in [1.29, 1.82) is 0 Å². The van der Waals surface area contributed by atoms with Gasteiger partial charge in [-0.2, -0.15) is 0 Å². The molecule has 0 radical (unpaired) electrons. The standard InChI is InChI=1S/C13H10.C6H5F/c1-3-7-12-10(5-1)9-11-6-2-4-8-13(11)12;7-6-4-2-1-3-5-6/h1-8H,9H2;1-5H. The Morgan fingerprint density at radius 3 is 1.45 bits per heavy atom. The molecule has 0 atom stereocenters. The first-order valence-corrected chi connectivity index (χ1v) is 6.71. The summed E-state index contributed by atoms with van der Waals surface area (Å²) in [5.74, 6) is -0.178. The van der Waals surface area contributed by atoms with E-state index >= 15 is 0 Å². The molecule has 0 bridgehead atoms. The third-order valence-corrected chi connectivity index (χ3v) is 3.44. The predicted molar refractivity (Wildman–Crippen MR) is 81.1 cm³/mol. The smallest absolute Gasteiger partial charge is 0.123 e. The molecule has 1 aliphatic carbocycles. The SMILES string of the molecule is Fc1ccccc1.c1ccc2c(c1)Cc1ccccc1-2. The first-order valence-electron chi connectivity index (χ1n) is 6.71. The van der Waals surface area contributed by atoms with Gasteiger partial charge in [-0.25, -0.2) is 4.39 Å². The van der Waals surface area contributed by atoms with Gasteiger partial charge in [-0.05, 0) is 40.8 Å². The van der Waals surface area contributed by atoms with Crippen molar-refractivity contribution >= 4 is 0 Å². The lowest BCUT2D eigenvalue weighted by molar-refractivity contribution is 0.628. The van der Waals surface area contributed by atoms with Crippen LogP contribution in [0.2, 0.25) is 0 Å². The first-order chi connectivity index (χ1) is 9.84. The average molecular weight is 262 g/mol. The summed E-state index contributed by atoms with van der Waals surface area (Å²) in [6.07, 6.45) is 1.10. The third kappa shape index (κ3) is 2.62. The van der Waals surface area contributed by atoms with E-state index in [2.05, 4.69) is 48.5 Å². The van der Waals surface area contributed by atoms with Gasteiger partial charge >= 0.3 is 0 Å². The maximum absolute atomic E-state index is 11.9. The van der Waals surface area contributed by atoms with Gasteiger partial charge in [-0.3, -0.25) is 0 Å². The number of benzene rings is 3. The van der Waals surface area contributed by atoms with Crippen molar-refractivity contribution in [1.82, 2.24) is 0 Å². The Bertz CT molecular complexity index is 658. The maximum atomic E-state index is 11.9. The highest BCUT2D eigenvalue weighted by Gasteiger charge is 2.15. The van der Waals surface area contributed by atoms with E-state index in [0.717, 1.165) is 6.42 Å². The molecule has 1 heteroatoms. The number of hydrogen-bond donors (Lipinski definition) is 0. The number of rotatable bonds is 0. The fourth-order valence-corrected chi connectivity index (χ4v) is 2.49. The molecule has 0 heterocycles. The van der Waals surface area contributed by atoms with Gasteiger partial charge in [0.25, 0.3) is 0 Å². The topological polar surface area (TPSA) is 0 Å². The molecule has 3 aromatic carbocycles. The molecule has 0 saturated heterocycles. The molecule has 0 N–H and O–H groups in total. The highest BCUT2D eigenvalue weighted by atomic mass is 19.1. The van der Waals surface area contributed by atoms with Crippen LogP contribution in [0.5, 0.6) is 0 Å². The van der Waals surface area contributed by atoms with Crippen LogP contribution in [0.3, 0.4) is 0 Å². The summed E-state index contributed by atoms with van der Waals surface area (Å²) in [5.41, 5.74) is 5.75. The Balaban J connectivity index is 0.000000147. The molecule has 0 aromatic heterocycles. The van der Waals surface area contributed by atoms with Crippen LogP contribution in [-0.4, -0.2) is 0 Å². The molecule has 0 nitrogen and oxygen atoms in total. The van der Waals surface area contributed by atoms with E-state index in [0.29, 0.717) is 0 Å². The van der Waals surface area contributed by atoms with Crippen LogP contribution in [0.15, 0.2) is 78.9 Å². The van der Waals surface area contributed by atoms with Crippen LogP contribution in [0, 0.1) is 5.82 Å². The fourth-order valence-electron chi connectivity index (χ4n) is 2.49. The van der Waals surface area contributed by atoms with Crippen LogP contribution in [0.25, 0.3) is 11.1 Å². The monoisotopic (exact) mass is 262 g/mol. The van der Waals surface area contributed by atoms with E-state index in [1.165, 1.54) is 34.4 Å². The molecule has 0 fully saturated rings. The first kappa shape index (κ1) is 12.6. The van der Waals surface area contributed by atoms with Crippen LogP contribution < -0.4 is 0 Å². The Hall–Kier alpha value is -2.41. The van der Waals surface area contributed by atoms with E-state index in [9.17, 15) is 4.39 Å². The Morgan fingerprint density at radius 2 is 1.00 bits per heavy atom. The molecule has 98 valence electrons. The van der Waals surface area contributed by atoms with Crippen molar-refractivity contribution in [2.75, 3.05) is 0 Å². The van der Waals surface area contributed by atoms with E-state index in [-0.39, 0.29) is 5.82 Å². The number of fused-ring (bicyclic) bond motifs is 3. The summed E-state index contributed by atoms with van der Waals surface area (Å²) in [7, 11) is 0. The van der Waals surface area contributed by atoms with E-state index in [1.54, 1.807) is 18.2 Å². The van der Waals surface area contributed by atoms with Gasteiger partial charge in [0.2, 0.25) is 0 Å². The summed E-state index contributed by atoms with van der Waals surface area (Å²) in [6, 6.07) is 25.2. The highest BCUT2D eigenvalue weighted by molar-refractivity contribution is 5.76. The number of hydrogen-bond acceptors (Lipinski definition) is 0. The van der Waals surface area contributed by atoms with Gasteiger partial charge in [0.15, 0.2) is 0 Å². The second kappa shape index (κ2) is 5.70. The molecule has 0 aliphatic heterocycles. The second-order valence-electron chi connectivity index (χ2n) is 4.79. The van der Waals surface area contributed by atoms with Crippen LogP contribution in [0.1, 0.15) is 11.1 Å². The fraction of sp³-hybridized carbons (Fsp3) is 0.0526. The van der Waals surface area contributed by atoms with Crippen molar-refractivity contribution in [3.8, 4) is 11.1 Å². The third-order valence-electron chi connectivity index (χ3n) is 3.44. The predicted octanol–water partition coefficient (Wildman–Crippen LogP) is 5.08. The molecular weight excluding hydrogens is 247 g/mol. The van der Waals surface area contributed by atoms with Crippen LogP contribution in [-0.2, 0) is 6.42 Å². The Morgan fingerprint density at radius 1 is 0.550 bits per heavy atom. The molecule has 1 aliphatic rings. The minimum atomic E-state index is -0.178. The van der Waals surface area contributed by atoms with Crippen LogP contribution in [0.4, 0.5) is 4.39 Å². The van der Waals surface area contributed by atoms with Crippen molar-refractivity contribution in [2.24, 2.45) is 0 Å². The second-order valence-corrected chi connectivity index (χ2v) is 4.79. The van der Waals surface area contributed by atoms with E-state index < -0.39 is 0 Å². The minimum absolute atomic E-state index is 0.178. The lowest BCUT2D eigenvalue weighted by Gasteiger charge is -1.98. The molecule has 0 amide bonds. The van der Waals surface area contributed by atoms with Crippen molar-refractivity contribution in [2.45, 2.75) is 6.42 Å². The van der Waals surface area contributed by atoms with Gasteiger partial charge < -0.3 is 0 Å². The molecule has 0 spiro atoms. The largest absolute Gasteiger partial charge is 0.207 e. The Labute approximate surface area is 118 Å². The molecule has 3 aromatic rings. The van der Waals surface area contributed by atoms with Gasteiger partial charge in [-0.15, -0.1) is 0 Å². The molecule has 20 heavy (non-hydrogen) atoms. The normalized spacial score (nSPS) is 11.1. The lowest BCUT2D eigenvalue weighted by atomic mass is 10.1. The van der Waals surface area contributed by atoms with Crippen LogP contribution >= 0.6 is 0 Å². The van der Waals surface area contributed by atoms with Crippen molar-refractivity contribution in [3.63, 3.8) is 0 Å². The Kier molecular flexibility index (Phi) is 3.60. The van der Waals surface area contributed by atoms with E-state index in [1.807, 2.05) is 0 Å². The lowest BCUT2D eigenvalue weighted by Crippen LogP contribution is -1.77. The highest BCUT2D eigenvalue weighted by Crippen LogP contribution is 2.35. The summed E-state index contributed by atoms with van der Waals surface area (Å²) in [6.45, 7) is 0. The summed E-state index contributed by atoms with van der Waals surface area (Å²) >= 11 is 0. The van der Waals surface area contributed by atoms with Gasteiger partial charge in [-0.1, -0.05) is 66.7 Å².